The number of halogens is 1. The monoisotopic (exact) mass is 533 g/mol. The van der Waals surface area contributed by atoms with Crippen molar-refractivity contribution in [1.29, 1.82) is 0 Å². The third-order valence-electron chi connectivity index (χ3n) is 4.89. The second-order valence-corrected chi connectivity index (χ2v) is 8.24. The van der Waals surface area contributed by atoms with Crippen LogP contribution in [0.4, 0.5) is 0 Å². The van der Waals surface area contributed by atoms with Crippen molar-refractivity contribution in [1.82, 2.24) is 15.5 Å². The normalized spacial score (nSPS) is 15.6. The van der Waals surface area contributed by atoms with E-state index in [2.05, 4.69) is 51.7 Å². The molecule has 0 aromatic heterocycles. The highest BCUT2D eigenvalue weighted by Gasteiger charge is 2.22. The predicted molar refractivity (Wildman–Crippen MR) is 134 cm³/mol. The summed E-state index contributed by atoms with van der Waals surface area (Å²) in [6, 6.07) is 10.5. The molecule has 1 saturated heterocycles. The minimum absolute atomic E-state index is 0. The first-order chi connectivity index (χ1) is 13.7. The molecule has 0 radical (unpaired) electrons. The number of likely N-dealkylation sites (tertiary alicyclic amines) is 1. The topological polar surface area (TPSA) is 82.8 Å². The number of hydrogen-bond donors (Lipinski definition) is 3. The highest BCUT2D eigenvalue weighted by Crippen LogP contribution is 2.17. The molecule has 1 fully saturated rings. The SMILES string of the molecule is CCNC(=NCCCCN1CCC(C(N)=O)CC1)NCCSc1ccccc1.I. The van der Waals surface area contributed by atoms with Crippen LogP contribution in [0, 0.1) is 5.92 Å². The van der Waals surface area contributed by atoms with Crippen LogP contribution in [0.3, 0.4) is 0 Å². The number of nitrogens with two attached hydrogens (primary N) is 1. The zero-order chi connectivity index (χ0) is 20.0. The lowest BCUT2D eigenvalue weighted by Gasteiger charge is -2.30. The molecular weight excluding hydrogens is 497 g/mol. The van der Waals surface area contributed by atoms with Gasteiger partial charge in [0.15, 0.2) is 5.96 Å². The Labute approximate surface area is 196 Å². The summed E-state index contributed by atoms with van der Waals surface area (Å²) in [4.78, 5) is 19.6. The third-order valence-corrected chi connectivity index (χ3v) is 5.91. The van der Waals surface area contributed by atoms with Gasteiger partial charge < -0.3 is 21.3 Å². The Kier molecular flexibility index (Phi) is 14.2. The van der Waals surface area contributed by atoms with Crippen LogP contribution < -0.4 is 16.4 Å². The van der Waals surface area contributed by atoms with E-state index < -0.39 is 0 Å². The number of thioether (sulfide) groups is 1. The summed E-state index contributed by atoms with van der Waals surface area (Å²) in [5, 5.41) is 6.72. The van der Waals surface area contributed by atoms with E-state index in [1.54, 1.807) is 0 Å². The number of primary amides is 1. The van der Waals surface area contributed by atoms with Gasteiger partial charge in [0.2, 0.25) is 5.91 Å². The lowest BCUT2D eigenvalue weighted by atomic mass is 9.96. The number of carbonyl (C=O) groups excluding carboxylic acids is 1. The van der Waals surface area contributed by atoms with Crippen LogP contribution in [0.1, 0.15) is 32.6 Å². The summed E-state index contributed by atoms with van der Waals surface area (Å²) in [5.74, 6) is 1.85. The summed E-state index contributed by atoms with van der Waals surface area (Å²) >= 11 is 1.85. The van der Waals surface area contributed by atoms with Crippen LogP contribution >= 0.6 is 35.7 Å². The Bertz CT molecular complexity index is 594. The van der Waals surface area contributed by atoms with Gasteiger partial charge in [-0.2, -0.15) is 0 Å². The Balaban J connectivity index is 0.00000420. The second kappa shape index (κ2) is 15.8. The van der Waals surface area contributed by atoms with E-state index in [0.29, 0.717) is 0 Å². The maximum atomic E-state index is 11.2. The largest absolute Gasteiger partial charge is 0.369 e. The fourth-order valence-electron chi connectivity index (χ4n) is 3.28. The van der Waals surface area contributed by atoms with E-state index in [1.165, 1.54) is 4.90 Å². The quantitative estimate of drug-likeness (QED) is 0.134. The number of unbranched alkanes of at least 4 members (excludes halogenated alkanes) is 1. The highest BCUT2D eigenvalue weighted by molar-refractivity contribution is 14.0. The van der Waals surface area contributed by atoms with Crippen LogP contribution in [-0.4, -0.2) is 61.8 Å². The molecule has 0 aliphatic carbocycles. The Morgan fingerprint density at radius 1 is 1.21 bits per heavy atom. The molecule has 0 saturated carbocycles. The maximum Gasteiger partial charge on any atom is 0.220 e. The maximum absolute atomic E-state index is 11.2. The molecule has 1 amide bonds. The third kappa shape index (κ3) is 11.1. The molecule has 6 nitrogen and oxygen atoms in total. The molecule has 1 aliphatic rings. The Morgan fingerprint density at radius 3 is 2.59 bits per heavy atom. The van der Waals surface area contributed by atoms with Crippen LogP contribution in [0.2, 0.25) is 0 Å². The average molecular weight is 534 g/mol. The molecule has 0 unspecified atom stereocenters. The van der Waals surface area contributed by atoms with Crippen LogP contribution in [0.15, 0.2) is 40.2 Å². The van der Waals surface area contributed by atoms with Gasteiger partial charge in [-0.1, -0.05) is 18.2 Å². The number of nitrogens with zero attached hydrogens (tertiary/aromatic N) is 2. The molecule has 164 valence electrons. The summed E-state index contributed by atoms with van der Waals surface area (Å²) in [6.07, 6.45) is 4.02. The van der Waals surface area contributed by atoms with Crippen LogP contribution in [-0.2, 0) is 4.79 Å². The molecule has 0 atom stereocenters. The molecule has 1 aliphatic heterocycles. The number of piperidine rings is 1. The Morgan fingerprint density at radius 2 is 1.93 bits per heavy atom. The predicted octanol–water partition coefficient (Wildman–Crippen LogP) is 2.93. The van der Waals surface area contributed by atoms with Crippen molar-refractivity contribution in [2.45, 2.75) is 37.5 Å². The van der Waals surface area contributed by atoms with Crippen molar-refractivity contribution in [2.75, 3.05) is 45.0 Å². The van der Waals surface area contributed by atoms with Gasteiger partial charge >= 0.3 is 0 Å². The van der Waals surface area contributed by atoms with Crippen molar-refractivity contribution >= 4 is 47.6 Å². The minimum atomic E-state index is -0.139. The van der Waals surface area contributed by atoms with Crippen LogP contribution in [0.25, 0.3) is 0 Å². The average Bonchev–Trinajstić information content (AvgIpc) is 2.72. The fraction of sp³-hybridized carbons (Fsp3) is 0.619. The smallest absolute Gasteiger partial charge is 0.220 e. The summed E-state index contributed by atoms with van der Waals surface area (Å²) in [6.45, 7) is 7.73. The van der Waals surface area contributed by atoms with Crippen molar-refractivity contribution in [3.63, 3.8) is 0 Å². The van der Waals surface area contributed by atoms with Gasteiger partial charge in [-0.15, -0.1) is 35.7 Å². The molecule has 0 spiro atoms. The molecule has 8 heteroatoms. The Hall–Kier alpha value is -1.000. The van der Waals surface area contributed by atoms with Gasteiger partial charge in [0.05, 0.1) is 0 Å². The molecule has 1 heterocycles. The summed E-state index contributed by atoms with van der Waals surface area (Å²) in [7, 11) is 0. The van der Waals surface area contributed by atoms with Crippen molar-refractivity contribution in [3.05, 3.63) is 30.3 Å². The van der Waals surface area contributed by atoms with Gasteiger partial charge in [-0.3, -0.25) is 9.79 Å². The van der Waals surface area contributed by atoms with Gasteiger partial charge in [-0.25, -0.2) is 0 Å². The van der Waals surface area contributed by atoms with E-state index >= 15 is 0 Å². The van der Waals surface area contributed by atoms with Crippen molar-refractivity contribution in [3.8, 4) is 0 Å². The van der Waals surface area contributed by atoms with Crippen LogP contribution in [0.5, 0.6) is 0 Å². The zero-order valence-corrected chi connectivity index (χ0v) is 20.6. The number of benzene rings is 1. The first-order valence-electron chi connectivity index (χ1n) is 10.4. The number of nitrogens with one attached hydrogen (secondary N) is 2. The summed E-state index contributed by atoms with van der Waals surface area (Å²) in [5.41, 5.74) is 5.39. The lowest BCUT2D eigenvalue weighted by molar-refractivity contribution is -0.123. The van der Waals surface area contributed by atoms with Gasteiger partial charge in [-0.05, 0) is 64.4 Å². The van der Waals surface area contributed by atoms with E-state index in [4.69, 9.17) is 5.73 Å². The van der Waals surface area contributed by atoms with Crippen molar-refractivity contribution < 1.29 is 4.79 Å². The zero-order valence-electron chi connectivity index (χ0n) is 17.4. The number of amides is 1. The molecule has 1 aromatic carbocycles. The highest BCUT2D eigenvalue weighted by atomic mass is 127. The number of rotatable bonds is 11. The number of hydrogen-bond acceptors (Lipinski definition) is 4. The lowest BCUT2D eigenvalue weighted by Crippen LogP contribution is -2.39. The molecule has 4 N–H and O–H groups in total. The van der Waals surface area contributed by atoms with Gasteiger partial charge in [0, 0.05) is 36.2 Å². The standard InChI is InChI=1S/C21H35N5OS.HI/c1-2-23-21(25-13-17-28-19-8-4-3-5-9-19)24-12-6-7-14-26-15-10-18(11-16-26)20(22)27;/h3-5,8-9,18H,2,6-7,10-17H2,1H3,(H2,22,27)(H2,23,24,25);1H. The van der Waals surface area contributed by atoms with E-state index in [0.717, 1.165) is 76.7 Å². The first-order valence-corrected chi connectivity index (χ1v) is 11.4. The second-order valence-electron chi connectivity index (χ2n) is 7.07. The molecule has 2 rings (SSSR count). The minimum Gasteiger partial charge on any atom is -0.369 e. The van der Waals surface area contributed by atoms with Crippen molar-refractivity contribution in [2.24, 2.45) is 16.6 Å². The molecule has 29 heavy (non-hydrogen) atoms. The number of aliphatic imine (C=N–C) groups is 1. The van der Waals surface area contributed by atoms with Gasteiger partial charge in [0.25, 0.3) is 0 Å². The molecule has 0 bridgehead atoms. The summed E-state index contributed by atoms with van der Waals surface area (Å²) < 4.78 is 0. The molecular formula is C21H36IN5OS. The fourth-order valence-corrected chi connectivity index (χ4v) is 4.07. The number of carbonyl (C=O) groups is 1. The number of guanidine groups is 1. The van der Waals surface area contributed by atoms with E-state index in [9.17, 15) is 4.79 Å². The van der Waals surface area contributed by atoms with E-state index in [1.807, 2.05) is 17.8 Å². The first kappa shape index (κ1) is 26.0. The van der Waals surface area contributed by atoms with E-state index in [-0.39, 0.29) is 35.8 Å². The molecule has 1 aromatic rings. The van der Waals surface area contributed by atoms with Gasteiger partial charge in [0.1, 0.15) is 0 Å².